The van der Waals surface area contributed by atoms with Crippen LogP contribution in [0.4, 0.5) is 0 Å². The van der Waals surface area contributed by atoms with Crippen LogP contribution in [0.5, 0.6) is 17.2 Å². The fourth-order valence-corrected chi connectivity index (χ4v) is 3.44. The molecule has 142 valence electrons. The molecule has 0 atom stereocenters. The van der Waals surface area contributed by atoms with Crippen molar-refractivity contribution in [3.63, 3.8) is 0 Å². The summed E-state index contributed by atoms with van der Waals surface area (Å²) >= 11 is 1.39. The van der Waals surface area contributed by atoms with Gasteiger partial charge in [-0.1, -0.05) is 17.8 Å². The molecule has 1 N–H and O–H groups in total. The monoisotopic (exact) mass is 387 g/mol. The molecule has 0 aliphatic heterocycles. The molecule has 0 spiro atoms. The lowest BCUT2D eigenvalue weighted by Crippen LogP contribution is -2.24. The number of nitrogens with zero attached hydrogens (tertiary/aromatic N) is 2. The van der Waals surface area contributed by atoms with Crippen LogP contribution < -0.4 is 19.5 Å². The summed E-state index contributed by atoms with van der Waals surface area (Å²) in [5.74, 6) is 1.83. The topological polar surface area (TPSA) is 74.1 Å². The number of amides is 1. The van der Waals surface area contributed by atoms with Crippen molar-refractivity contribution in [2.75, 3.05) is 27.1 Å². The number of hydrogen-bond donors (Lipinski definition) is 1. The van der Waals surface area contributed by atoms with Crippen molar-refractivity contribution in [1.82, 2.24) is 14.7 Å². The largest absolute Gasteiger partial charge is 0.493 e. The second kappa shape index (κ2) is 8.68. The average Bonchev–Trinajstić information content (AvgIpc) is 3.12. The van der Waals surface area contributed by atoms with Crippen molar-refractivity contribution in [1.29, 1.82) is 0 Å². The van der Waals surface area contributed by atoms with Crippen LogP contribution in [-0.2, 0) is 11.3 Å². The van der Waals surface area contributed by atoms with Gasteiger partial charge in [0.25, 0.3) is 0 Å². The standard InChI is InChI=1S/C19H21N3O4S/c1-24-15-8-13(9-16(25-2)18(15)26-3)10-20-17(23)12-27-19-21-11-14-6-4-5-7-22(14)19/h4-9,11H,10,12H2,1-3H3,(H,20,23). The van der Waals surface area contributed by atoms with Gasteiger partial charge in [0.05, 0.1) is 38.8 Å². The molecule has 0 aliphatic carbocycles. The summed E-state index contributed by atoms with van der Waals surface area (Å²) in [6.07, 6.45) is 3.72. The van der Waals surface area contributed by atoms with Crippen molar-refractivity contribution in [2.24, 2.45) is 0 Å². The minimum Gasteiger partial charge on any atom is -0.493 e. The maximum Gasteiger partial charge on any atom is 0.230 e. The highest BCUT2D eigenvalue weighted by atomic mass is 32.2. The fourth-order valence-electron chi connectivity index (χ4n) is 2.65. The fraction of sp³-hybridized carbons (Fsp3) is 0.263. The molecule has 3 rings (SSSR count). The van der Waals surface area contributed by atoms with E-state index < -0.39 is 0 Å². The van der Waals surface area contributed by atoms with Crippen LogP contribution in [0.2, 0.25) is 0 Å². The zero-order valence-corrected chi connectivity index (χ0v) is 16.2. The first-order valence-corrected chi connectivity index (χ1v) is 9.25. The van der Waals surface area contributed by atoms with E-state index in [4.69, 9.17) is 14.2 Å². The Morgan fingerprint density at radius 3 is 2.56 bits per heavy atom. The molecular weight excluding hydrogens is 366 g/mol. The zero-order valence-electron chi connectivity index (χ0n) is 15.4. The second-order valence-corrected chi connectivity index (χ2v) is 6.58. The van der Waals surface area contributed by atoms with Gasteiger partial charge in [0.1, 0.15) is 0 Å². The number of fused-ring (bicyclic) bond motifs is 1. The molecule has 0 saturated carbocycles. The predicted octanol–water partition coefficient (Wildman–Crippen LogP) is 2.77. The van der Waals surface area contributed by atoms with E-state index in [1.54, 1.807) is 27.5 Å². The van der Waals surface area contributed by atoms with Crippen molar-refractivity contribution >= 4 is 23.2 Å². The van der Waals surface area contributed by atoms with Gasteiger partial charge in [-0.15, -0.1) is 0 Å². The summed E-state index contributed by atoms with van der Waals surface area (Å²) in [6.45, 7) is 0.360. The quantitative estimate of drug-likeness (QED) is 0.599. The predicted molar refractivity (Wildman–Crippen MR) is 104 cm³/mol. The minimum absolute atomic E-state index is 0.0820. The summed E-state index contributed by atoms with van der Waals surface area (Å²) in [4.78, 5) is 16.6. The molecule has 0 aliphatic rings. The molecule has 1 amide bonds. The van der Waals surface area contributed by atoms with Gasteiger partial charge in [-0.3, -0.25) is 9.20 Å². The Kier molecular flexibility index (Phi) is 6.08. The van der Waals surface area contributed by atoms with E-state index in [0.717, 1.165) is 16.2 Å². The van der Waals surface area contributed by atoms with Crippen LogP contribution >= 0.6 is 11.8 Å². The van der Waals surface area contributed by atoms with E-state index in [0.29, 0.717) is 23.8 Å². The maximum atomic E-state index is 12.2. The molecule has 0 unspecified atom stereocenters. The van der Waals surface area contributed by atoms with Gasteiger partial charge in [-0.25, -0.2) is 4.98 Å². The van der Waals surface area contributed by atoms with E-state index in [-0.39, 0.29) is 11.7 Å². The van der Waals surface area contributed by atoms with E-state index >= 15 is 0 Å². The molecule has 0 radical (unpaired) electrons. The first-order valence-electron chi connectivity index (χ1n) is 8.26. The highest BCUT2D eigenvalue weighted by Crippen LogP contribution is 2.38. The van der Waals surface area contributed by atoms with Gasteiger partial charge in [-0.2, -0.15) is 0 Å². The Balaban J connectivity index is 1.60. The Labute approximate surface area is 161 Å². The Morgan fingerprint density at radius 2 is 1.89 bits per heavy atom. The highest BCUT2D eigenvalue weighted by molar-refractivity contribution is 7.99. The Morgan fingerprint density at radius 1 is 1.15 bits per heavy atom. The molecule has 2 heterocycles. The lowest BCUT2D eigenvalue weighted by molar-refractivity contribution is -0.118. The number of benzene rings is 1. The number of nitrogens with one attached hydrogen (secondary N) is 1. The lowest BCUT2D eigenvalue weighted by atomic mass is 10.2. The maximum absolute atomic E-state index is 12.2. The van der Waals surface area contributed by atoms with Crippen molar-refractivity contribution in [3.05, 3.63) is 48.3 Å². The first kappa shape index (κ1) is 18.9. The van der Waals surface area contributed by atoms with Crippen LogP contribution in [-0.4, -0.2) is 42.4 Å². The molecule has 0 saturated heterocycles. The van der Waals surface area contributed by atoms with Crippen LogP contribution in [0.3, 0.4) is 0 Å². The van der Waals surface area contributed by atoms with E-state index in [1.165, 1.54) is 11.8 Å². The van der Waals surface area contributed by atoms with Crippen LogP contribution in [0.1, 0.15) is 5.56 Å². The normalized spacial score (nSPS) is 10.6. The third-order valence-electron chi connectivity index (χ3n) is 3.95. The summed E-state index contributed by atoms with van der Waals surface area (Å²) in [7, 11) is 4.68. The van der Waals surface area contributed by atoms with E-state index in [2.05, 4.69) is 10.3 Å². The molecule has 1 aromatic carbocycles. The molecule has 2 aromatic heterocycles. The van der Waals surface area contributed by atoms with E-state index in [9.17, 15) is 4.79 Å². The first-order chi connectivity index (χ1) is 13.2. The number of hydrogen-bond acceptors (Lipinski definition) is 6. The molecule has 3 aromatic rings. The average molecular weight is 387 g/mol. The smallest absolute Gasteiger partial charge is 0.230 e. The van der Waals surface area contributed by atoms with Gasteiger partial charge in [0.15, 0.2) is 16.7 Å². The number of pyridine rings is 1. The summed E-state index contributed by atoms with van der Waals surface area (Å²) in [6, 6.07) is 9.49. The molecule has 27 heavy (non-hydrogen) atoms. The molecular formula is C19H21N3O4S. The number of carbonyl (C=O) groups excluding carboxylic acids is 1. The highest BCUT2D eigenvalue weighted by Gasteiger charge is 2.14. The van der Waals surface area contributed by atoms with Gasteiger partial charge in [0.2, 0.25) is 11.7 Å². The van der Waals surface area contributed by atoms with Crippen molar-refractivity contribution in [2.45, 2.75) is 11.7 Å². The van der Waals surface area contributed by atoms with E-state index in [1.807, 2.05) is 40.9 Å². The molecule has 7 nitrogen and oxygen atoms in total. The third-order valence-corrected chi connectivity index (χ3v) is 4.92. The summed E-state index contributed by atoms with van der Waals surface area (Å²) in [5.41, 5.74) is 1.85. The zero-order chi connectivity index (χ0) is 19.2. The van der Waals surface area contributed by atoms with Gasteiger partial charge >= 0.3 is 0 Å². The van der Waals surface area contributed by atoms with Crippen molar-refractivity contribution < 1.29 is 19.0 Å². The number of methoxy groups -OCH3 is 3. The van der Waals surface area contributed by atoms with Gasteiger partial charge in [-0.05, 0) is 29.8 Å². The Bertz CT molecular complexity index is 917. The van der Waals surface area contributed by atoms with Crippen LogP contribution in [0.15, 0.2) is 47.9 Å². The molecule has 0 bridgehead atoms. The van der Waals surface area contributed by atoms with Crippen LogP contribution in [0, 0.1) is 0 Å². The Hall–Kier alpha value is -2.87. The number of ether oxygens (including phenoxy) is 3. The number of thioether (sulfide) groups is 1. The molecule has 8 heteroatoms. The van der Waals surface area contributed by atoms with Gasteiger partial charge in [0, 0.05) is 12.7 Å². The third kappa shape index (κ3) is 4.28. The number of aromatic nitrogens is 2. The number of rotatable bonds is 8. The van der Waals surface area contributed by atoms with Gasteiger partial charge < -0.3 is 19.5 Å². The second-order valence-electron chi connectivity index (χ2n) is 5.64. The summed E-state index contributed by atoms with van der Waals surface area (Å²) in [5, 5.41) is 3.69. The summed E-state index contributed by atoms with van der Waals surface area (Å²) < 4.78 is 17.9. The molecule has 0 fully saturated rings. The lowest BCUT2D eigenvalue weighted by Gasteiger charge is -2.14. The SMILES string of the molecule is COc1cc(CNC(=O)CSc2ncc3ccccn23)cc(OC)c1OC. The number of carbonyl (C=O) groups is 1. The minimum atomic E-state index is -0.0820. The van der Waals surface area contributed by atoms with Crippen LogP contribution in [0.25, 0.3) is 5.52 Å². The number of imidazole rings is 1. The van der Waals surface area contributed by atoms with Crippen molar-refractivity contribution in [3.8, 4) is 17.2 Å².